The molecule has 0 aromatic heterocycles. The average molecular weight is 457 g/mol. The number of likely N-dealkylation sites (tertiary alicyclic amines) is 1. The van der Waals surface area contributed by atoms with Crippen molar-refractivity contribution in [2.24, 2.45) is 0 Å². The van der Waals surface area contributed by atoms with Gasteiger partial charge in [-0.3, -0.25) is 0 Å². The van der Waals surface area contributed by atoms with Crippen LogP contribution < -0.4 is 10.1 Å². The predicted molar refractivity (Wildman–Crippen MR) is 110 cm³/mol. The van der Waals surface area contributed by atoms with E-state index in [1.807, 2.05) is 39.0 Å². The Morgan fingerprint density at radius 3 is 2.11 bits per heavy atom. The zero-order chi connectivity index (χ0) is 21.3. The van der Waals surface area contributed by atoms with Crippen LogP contribution in [0.25, 0.3) is 0 Å². The van der Waals surface area contributed by atoms with Crippen LogP contribution in [-0.4, -0.2) is 48.5 Å². The van der Waals surface area contributed by atoms with E-state index >= 15 is 0 Å². The molecule has 1 heterocycles. The quantitative estimate of drug-likeness (QED) is 0.727. The van der Waals surface area contributed by atoms with Crippen LogP contribution in [0.5, 0.6) is 5.75 Å². The number of alkyl carbamates (subject to hydrolysis) is 1. The second kappa shape index (κ2) is 7.81. The van der Waals surface area contributed by atoms with Gasteiger partial charge in [0.05, 0.1) is 20.2 Å². The minimum absolute atomic E-state index is 0.265. The minimum Gasteiger partial charge on any atom is -0.497 e. The van der Waals surface area contributed by atoms with E-state index in [4.69, 9.17) is 14.2 Å². The number of rotatable bonds is 3. The van der Waals surface area contributed by atoms with Gasteiger partial charge in [-0.05, 0) is 65.3 Å². The van der Waals surface area contributed by atoms with Crippen molar-refractivity contribution in [1.29, 1.82) is 0 Å². The molecule has 7 nitrogen and oxygen atoms in total. The second-order valence-corrected chi connectivity index (χ2v) is 9.84. The number of amides is 2. The summed E-state index contributed by atoms with van der Waals surface area (Å²) >= 11 is 3.47. The molecule has 0 radical (unpaired) electrons. The van der Waals surface area contributed by atoms with Crippen LogP contribution in [0.3, 0.4) is 0 Å². The first-order valence-corrected chi connectivity index (χ1v) is 9.86. The van der Waals surface area contributed by atoms with Crippen molar-refractivity contribution >= 4 is 28.1 Å². The molecule has 8 heteroatoms. The van der Waals surface area contributed by atoms with Gasteiger partial charge in [-0.2, -0.15) is 0 Å². The third-order valence-electron chi connectivity index (χ3n) is 3.97. The lowest BCUT2D eigenvalue weighted by Crippen LogP contribution is -2.69. The molecule has 2 amide bonds. The normalized spacial score (nSPS) is 16.1. The van der Waals surface area contributed by atoms with Crippen LogP contribution in [0.4, 0.5) is 9.59 Å². The first-order valence-electron chi connectivity index (χ1n) is 9.07. The molecule has 0 bridgehead atoms. The molecule has 0 unspecified atom stereocenters. The predicted octanol–water partition coefficient (Wildman–Crippen LogP) is 4.43. The molecule has 1 aliphatic heterocycles. The summed E-state index contributed by atoms with van der Waals surface area (Å²) in [6.45, 7) is 11.4. The Morgan fingerprint density at radius 2 is 1.61 bits per heavy atom. The van der Waals surface area contributed by atoms with Gasteiger partial charge < -0.3 is 24.4 Å². The Balaban J connectivity index is 2.27. The van der Waals surface area contributed by atoms with Crippen LogP contribution >= 0.6 is 15.9 Å². The number of hydrogen-bond donors (Lipinski definition) is 1. The van der Waals surface area contributed by atoms with E-state index in [0.29, 0.717) is 5.75 Å². The molecule has 0 saturated carbocycles. The number of carbonyl (C=O) groups excluding carboxylic acids is 2. The van der Waals surface area contributed by atoms with Crippen molar-refractivity contribution in [2.75, 3.05) is 20.2 Å². The fourth-order valence-electron chi connectivity index (χ4n) is 2.85. The monoisotopic (exact) mass is 456 g/mol. The first kappa shape index (κ1) is 22.3. The van der Waals surface area contributed by atoms with E-state index in [1.165, 1.54) is 0 Å². The molecule has 2 rings (SSSR count). The van der Waals surface area contributed by atoms with Gasteiger partial charge in [-0.15, -0.1) is 0 Å². The van der Waals surface area contributed by atoms with Gasteiger partial charge in [-0.25, -0.2) is 9.59 Å². The van der Waals surface area contributed by atoms with Crippen molar-refractivity contribution in [3.8, 4) is 5.75 Å². The second-order valence-electron chi connectivity index (χ2n) is 8.93. The molecule has 0 spiro atoms. The molecular weight excluding hydrogens is 428 g/mol. The molecule has 0 atom stereocenters. The number of nitrogens with zero attached hydrogens (tertiary/aromatic N) is 1. The van der Waals surface area contributed by atoms with Crippen LogP contribution in [0, 0.1) is 0 Å². The molecule has 1 aliphatic rings. The van der Waals surface area contributed by atoms with E-state index in [1.54, 1.807) is 32.8 Å². The van der Waals surface area contributed by atoms with Gasteiger partial charge in [0.15, 0.2) is 0 Å². The topological polar surface area (TPSA) is 77.1 Å². The maximum absolute atomic E-state index is 12.5. The van der Waals surface area contributed by atoms with E-state index in [2.05, 4.69) is 21.2 Å². The Morgan fingerprint density at radius 1 is 1.04 bits per heavy atom. The van der Waals surface area contributed by atoms with Gasteiger partial charge in [0.1, 0.15) is 22.5 Å². The molecular formula is C20H29BrN2O5. The lowest BCUT2D eigenvalue weighted by molar-refractivity contribution is -0.0230. The van der Waals surface area contributed by atoms with Crippen LogP contribution in [0.1, 0.15) is 47.1 Å². The van der Waals surface area contributed by atoms with Crippen LogP contribution in [-0.2, 0) is 15.0 Å². The van der Waals surface area contributed by atoms with Crippen molar-refractivity contribution in [3.05, 3.63) is 28.2 Å². The third kappa shape index (κ3) is 5.77. The van der Waals surface area contributed by atoms with E-state index in [-0.39, 0.29) is 13.1 Å². The number of nitrogens with one attached hydrogen (secondary N) is 1. The highest BCUT2D eigenvalue weighted by Gasteiger charge is 2.50. The highest BCUT2D eigenvalue weighted by Crippen LogP contribution is 2.37. The van der Waals surface area contributed by atoms with Gasteiger partial charge in [-0.1, -0.05) is 15.9 Å². The molecule has 0 aliphatic carbocycles. The summed E-state index contributed by atoms with van der Waals surface area (Å²) in [5.41, 5.74) is -1.21. The first-order chi connectivity index (χ1) is 12.7. The van der Waals surface area contributed by atoms with E-state index in [9.17, 15) is 9.59 Å². The average Bonchev–Trinajstić information content (AvgIpc) is 2.45. The lowest BCUT2D eigenvalue weighted by atomic mass is 9.82. The van der Waals surface area contributed by atoms with Gasteiger partial charge >= 0.3 is 12.2 Å². The number of halogens is 1. The molecule has 1 fully saturated rings. The lowest BCUT2D eigenvalue weighted by Gasteiger charge is -2.50. The summed E-state index contributed by atoms with van der Waals surface area (Å²) < 4.78 is 17.0. The Hall–Kier alpha value is -1.96. The molecule has 1 aromatic carbocycles. The van der Waals surface area contributed by atoms with Crippen molar-refractivity contribution < 1.29 is 23.8 Å². The maximum atomic E-state index is 12.5. The smallest absolute Gasteiger partial charge is 0.410 e. The molecule has 1 aromatic rings. The number of benzene rings is 1. The zero-order valence-corrected chi connectivity index (χ0v) is 19.1. The van der Waals surface area contributed by atoms with E-state index in [0.717, 1.165) is 10.0 Å². The molecule has 28 heavy (non-hydrogen) atoms. The highest BCUT2D eigenvalue weighted by atomic mass is 79.9. The minimum atomic E-state index is -0.795. The fraction of sp³-hybridized carbons (Fsp3) is 0.600. The Labute approximate surface area is 174 Å². The van der Waals surface area contributed by atoms with Gasteiger partial charge in [0.25, 0.3) is 0 Å². The fourth-order valence-corrected chi connectivity index (χ4v) is 3.32. The summed E-state index contributed by atoms with van der Waals surface area (Å²) in [5.74, 6) is 0.644. The van der Waals surface area contributed by atoms with Gasteiger partial charge in [0, 0.05) is 4.47 Å². The summed E-state index contributed by atoms with van der Waals surface area (Å²) in [6, 6.07) is 5.57. The summed E-state index contributed by atoms with van der Waals surface area (Å²) in [6.07, 6.45) is -0.966. The summed E-state index contributed by atoms with van der Waals surface area (Å²) in [5, 5.41) is 2.94. The Kier molecular flexibility index (Phi) is 6.23. The van der Waals surface area contributed by atoms with Crippen molar-refractivity contribution in [2.45, 2.75) is 58.3 Å². The molecule has 156 valence electrons. The van der Waals surface area contributed by atoms with E-state index < -0.39 is 28.9 Å². The molecule has 1 N–H and O–H groups in total. The number of methoxy groups -OCH3 is 1. The summed E-state index contributed by atoms with van der Waals surface area (Å²) in [7, 11) is 1.58. The van der Waals surface area contributed by atoms with Crippen molar-refractivity contribution in [3.63, 3.8) is 0 Å². The van der Waals surface area contributed by atoms with Crippen LogP contribution in [0.15, 0.2) is 22.7 Å². The van der Waals surface area contributed by atoms with Crippen molar-refractivity contribution in [1.82, 2.24) is 10.2 Å². The largest absolute Gasteiger partial charge is 0.497 e. The summed E-state index contributed by atoms with van der Waals surface area (Å²) in [4.78, 5) is 26.4. The zero-order valence-electron chi connectivity index (χ0n) is 17.5. The third-order valence-corrected chi connectivity index (χ3v) is 4.43. The number of ether oxygens (including phenoxy) is 3. The molecule has 1 saturated heterocycles. The van der Waals surface area contributed by atoms with Gasteiger partial charge in [0.2, 0.25) is 0 Å². The van der Waals surface area contributed by atoms with Crippen LogP contribution in [0.2, 0.25) is 0 Å². The number of hydrogen-bond acceptors (Lipinski definition) is 5. The maximum Gasteiger partial charge on any atom is 0.410 e. The highest BCUT2D eigenvalue weighted by molar-refractivity contribution is 9.10. The number of carbonyl (C=O) groups is 2. The Bertz CT molecular complexity index is 746. The standard InChI is InChI=1S/C20H29BrN2O5/c1-18(2,3)27-16(24)22-20(13-8-14(21)10-15(9-13)26-7)11-23(12-20)17(25)28-19(4,5)6/h8-10H,11-12H2,1-7H3,(H,22,24). The SMILES string of the molecule is COc1cc(Br)cc(C2(NC(=O)OC(C)(C)C)CN(C(=O)OC(C)(C)C)C2)c1.